The first-order valence-electron chi connectivity index (χ1n) is 9.23. The van der Waals surface area contributed by atoms with Crippen molar-refractivity contribution in [3.05, 3.63) is 64.9 Å². The Kier molecular flexibility index (Phi) is 5.62. The minimum absolute atomic E-state index is 0.0187. The number of nitrogens with zero attached hydrogens (tertiary/aromatic N) is 2. The first kappa shape index (κ1) is 18.6. The summed E-state index contributed by atoms with van der Waals surface area (Å²) in [6, 6.07) is 14.3. The Labute approximate surface area is 166 Å². The number of benzene rings is 2. The lowest BCUT2D eigenvalue weighted by atomic mass is 10.0. The van der Waals surface area contributed by atoms with Crippen LogP contribution in [0, 0.1) is 5.82 Å². The van der Waals surface area contributed by atoms with E-state index in [0.717, 1.165) is 26.5 Å². The van der Waals surface area contributed by atoms with Gasteiger partial charge in [-0.25, -0.2) is 9.37 Å². The molecular formula is C21H20FN3O2S. The van der Waals surface area contributed by atoms with Crippen LogP contribution in [0.4, 0.5) is 4.39 Å². The lowest BCUT2D eigenvalue weighted by Crippen LogP contribution is -2.32. The SMILES string of the molecule is O=C(CCc1nc2ccccc2s1)NC[C@H]1CC(Cc2ccc(F)cc2)=NO1. The topological polar surface area (TPSA) is 63.6 Å². The van der Waals surface area contributed by atoms with Crippen LogP contribution in [-0.2, 0) is 22.5 Å². The molecule has 0 spiro atoms. The molecule has 0 bridgehead atoms. The molecule has 2 aromatic carbocycles. The Hall–Kier alpha value is -2.80. The predicted molar refractivity (Wildman–Crippen MR) is 108 cm³/mol. The van der Waals surface area contributed by atoms with Gasteiger partial charge in [-0.1, -0.05) is 29.4 Å². The summed E-state index contributed by atoms with van der Waals surface area (Å²) in [6.07, 6.45) is 2.17. The van der Waals surface area contributed by atoms with Crippen LogP contribution < -0.4 is 5.32 Å². The Morgan fingerprint density at radius 3 is 2.86 bits per heavy atom. The summed E-state index contributed by atoms with van der Waals surface area (Å²) in [5, 5.41) is 7.98. The van der Waals surface area contributed by atoms with Gasteiger partial charge in [-0.3, -0.25) is 4.79 Å². The molecule has 5 nitrogen and oxygen atoms in total. The Bertz CT molecular complexity index is 967. The second kappa shape index (κ2) is 8.48. The maximum Gasteiger partial charge on any atom is 0.220 e. The molecule has 7 heteroatoms. The fourth-order valence-corrected chi connectivity index (χ4v) is 4.07. The molecule has 0 saturated carbocycles. The van der Waals surface area contributed by atoms with Crippen LogP contribution in [0.3, 0.4) is 0 Å². The van der Waals surface area contributed by atoms with E-state index in [2.05, 4.69) is 15.5 Å². The number of oxime groups is 1. The number of carbonyl (C=O) groups is 1. The third-order valence-electron chi connectivity index (χ3n) is 4.55. The molecule has 1 aliphatic rings. The summed E-state index contributed by atoms with van der Waals surface area (Å²) in [5.74, 6) is -0.269. The highest BCUT2D eigenvalue weighted by Crippen LogP contribution is 2.22. The number of hydrogen-bond acceptors (Lipinski definition) is 5. The monoisotopic (exact) mass is 397 g/mol. The molecular weight excluding hydrogens is 377 g/mol. The molecule has 0 saturated heterocycles. The first-order valence-corrected chi connectivity index (χ1v) is 10.0. The smallest absolute Gasteiger partial charge is 0.220 e. The van der Waals surface area contributed by atoms with Gasteiger partial charge < -0.3 is 10.2 Å². The van der Waals surface area contributed by atoms with Crippen LogP contribution in [-0.4, -0.2) is 29.3 Å². The molecule has 2 heterocycles. The van der Waals surface area contributed by atoms with Crippen molar-refractivity contribution in [1.29, 1.82) is 0 Å². The van der Waals surface area contributed by atoms with Gasteiger partial charge in [0.25, 0.3) is 0 Å². The highest BCUT2D eigenvalue weighted by Gasteiger charge is 2.21. The highest BCUT2D eigenvalue weighted by molar-refractivity contribution is 7.18. The van der Waals surface area contributed by atoms with E-state index in [1.54, 1.807) is 23.5 Å². The van der Waals surface area contributed by atoms with Crippen LogP contribution in [0.2, 0.25) is 0 Å². The summed E-state index contributed by atoms with van der Waals surface area (Å²) < 4.78 is 14.1. The van der Waals surface area contributed by atoms with Crippen LogP contribution in [0.1, 0.15) is 23.4 Å². The molecule has 1 aromatic heterocycles. The highest BCUT2D eigenvalue weighted by atomic mass is 32.1. The summed E-state index contributed by atoms with van der Waals surface area (Å²) in [5.41, 5.74) is 2.87. The number of aromatic nitrogens is 1. The van der Waals surface area contributed by atoms with Crippen molar-refractivity contribution in [3.8, 4) is 0 Å². The molecule has 0 fully saturated rings. The summed E-state index contributed by atoms with van der Waals surface area (Å²) in [7, 11) is 0. The zero-order chi connectivity index (χ0) is 19.3. The molecule has 4 rings (SSSR count). The van der Waals surface area contributed by atoms with Crippen molar-refractivity contribution in [3.63, 3.8) is 0 Å². The number of nitrogens with one attached hydrogen (secondary N) is 1. The standard InChI is InChI=1S/C21H20FN3O2S/c22-15-7-5-14(6-8-15)11-16-12-17(27-25-16)13-23-20(26)9-10-21-24-18-3-1-2-4-19(18)28-21/h1-8,17H,9-13H2,(H,23,26)/t17-/m1/s1. The van der Waals surface area contributed by atoms with Crippen LogP contribution in [0.5, 0.6) is 0 Å². The molecule has 28 heavy (non-hydrogen) atoms. The normalized spacial score (nSPS) is 16.0. The molecule has 1 atom stereocenters. The minimum atomic E-state index is -0.250. The number of thiazole rings is 1. The number of rotatable bonds is 7. The molecule has 3 aromatic rings. The van der Waals surface area contributed by atoms with E-state index in [9.17, 15) is 9.18 Å². The first-order chi connectivity index (χ1) is 13.7. The van der Waals surface area contributed by atoms with Crippen molar-refractivity contribution in [2.45, 2.75) is 31.8 Å². The molecule has 1 N–H and O–H groups in total. The van der Waals surface area contributed by atoms with E-state index >= 15 is 0 Å². The number of fused-ring (bicyclic) bond motifs is 1. The van der Waals surface area contributed by atoms with Crippen molar-refractivity contribution in [1.82, 2.24) is 10.3 Å². The van der Waals surface area contributed by atoms with Gasteiger partial charge in [-0.2, -0.15) is 0 Å². The van der Waals surface area contributed by atoms with Crippen LogP contribution >= 0.6 is 11.3 Å². The average Bonchev–Trinajstić information content (AvgIpc) is 3.33. The number of halogens is 1. The van der Waals surface area contributed by atoms with Crippen LogP contribution in [0.15, 0.2) is 53.7 Å². The number of amides is 1. The molecule has 0 unspecified atom stereocenters. The lowest BCUT2D eigenvalue weighted by molar-refractivity contribution is -0.121. The Balaban J connectivity index is 1.18. The number of carbonyl (C=O) groups excluding carboxylic acids is 1. The van der Waals surface area contributed by atoms with Crippen molar-refractivity contribution in [2.24, 2.45) is 5.16 Å². The van der Waals surface area contributed by atoms with Gasteiger partial charge in [0.05, 0.1) is 27.5 Å². The van der Waals surface area contributed by atoms with E-state index in [0.29, 0.717) is 32.2 Å². The number of hydrogen-bond donors (Lipinski definition) is 1. The third kappa shape index (κ3) is 4.72. The molecule has 0 radical (unpaired) electrons. The maximum atomic E-state index is 13.0. The molecule has 1 amide bonds. The second-order valence-corrected chi connectivity index (χ2v) is 7.89. The van der Waals surface area contributed by atoms with E-state index < -0.39 is 0 Å². The van der Waals surface area contributed by atoms with Gasteiger partial charge in [0.2, 0.25) is 5.91 Å². The van der Waals surface area contributed by atoms with Gasteiger partial charge in [0.1, 0.15) is 11.9 Å². The van der Waals surface area contributed by atoms with E-state index in [-0.39, 0.29) is 17.8 Å². The van der Waals surface area contributed by atoms with E-state index in [1.807, 2.05) is 24.3 Å². The quantitative estimate of drug-likeness (QED) is 0.658. The zero-order valence-corrected chi connectivity index (χ0v) is 16.0. The van der Waals surface area contributed by atoms with Crippen LogP contribution in [0.25, 0.3) is 10.2 Å². The van der Waals surface area contributed by atoms with E-state index in [1.165, 1.54) is 12.1 Å². The van der Waals surface area contributed by atoms with Crippen molar-refractivity contribution < 1.29 is 14.0 Å². The van der Waals surface area contributed by atoms with E-state index in [4.69, 9.17) is 4.84 Å². The maximum absolute atomic E-state index is 13.0. The fraction of sp³-hybridized carbons (Fsp3) is 0.286. The predicted octanol–water partition coefficient (Wildman–Crippen LogP) is 3.87. The van der Waals surface area contributed by atoms with Gasteiger partial charge in [-0.15, -0.1) is 11.3 Å². The van der Waals surface area contributed by atoms with Gasteiger partial charge in [0.15, 0.2) is 0 Å². The van der Waals surface area contributed by atoms with Crippen molar-refractivity contribution >= 4 is 33.2 Å². The average molecular weight is 397 g/mol. The zero-order valence-electron chi connectivity index (χ0n) is 15.2. The van der Waals surface area contributed by atoms with Gasteiger partial charge >= 0.3 is 0 Å². The van der Waals surface area contributed by atoms with Gasteiger partial charge in [0, 0.05) is 25.7 Å². The molecule has 1 aliphatic heterocycles. The largest absolute Gasteiger partial charge is 0.390 e. The summed E-state index contributed by atoms with van der Waals surface area (Å²) in [4.78, 5) is 22.1. The molecule has 144 valence electrons. The fourth-order valence-electron chi connectivity index (χ4n) is 3.10. The summed E-state index contributed by atoms with van der Waals surface area (Å²) >= 11 is 1.63. The molecule has 0 aliphatic carbocycles. The minimum Gasteiger partial charge on any atom is -0.390 e. The Morgan fingerprint density at radius 1 is 1.21 bits per heavy atom. The number of aryl methyl sites for hydroxylation is 1. The van der Waals surface area contributed by atoms with Gasteiger partial charge in [-0.05, 0) is 29.8 Å². The lowest BCUT2D eigenvalue weighted by Gasteiger charge is -2.09. The Morgan fingerprint density at radius 2 is 2.04 bits per heavy atom. The number of para-hydroxylation sites is 1. The third-order valence-corrected chi connectivity index (χ3v) is 5.64. The second-order valence-electron chi connectivity index (χ2n) is 6.77. The summed E-state index contributed by atoms with van der Waals surface area (Å²) in [6.45, 7) is 0.426. The van der Waals surface area contributed by atoms with Crippen molar-refractivity contribution in [2.75, 3.05) is 6.54 Å².